The molecule has 3 aromatic rings. The van der Waals surface area contributed by atoms with Crippen LogP contribution in [-0.4, -0.2) is 17.9 Å². The lowest BCUT2D eigenvalue weighted by Crippen LogP contribution is -2.37. The van der Waals surface area contributed by atoms with Gasteiger partial charge in [0.05, 0.1) is 17.4 Å². The predicted molar refractivity (Wildman–Crippen MR) is 115 cm³/mol. The van der Waals surface area contributed by atoms with E-state index in [1.807, 2.05) is 92.7 Å². The van der Waals surface area contributed by atoms with Crippen LogP contribution in [0.5, 0.6) is 0 Å². The summed E-state index contributed by atoms with van der Waals surface area (Å²) in [7, 11) is 0. The average Bonchev–Trinajstić information content (AvgIpc) is 3.26. The SMILES string of the molecule is Cc1ccccc1[C@@H]1[C@@H]2C(=O)N(c3ccccc3C)C(=O)[C@@H]2ON1c1ccccc1. The van der Waals surface area contributed by atoms with Gasteiger partial charge in [-0.2, -0.15) is 0 Å². The zero-order chi connectivity index (χ0) is 20.8. The largest absolute Gasteiger partial charge is 0.273 e. The van der Waals surface area contributed by atoms with Crippen LogP contribution in [-0.2, 0) is 14.4 Å². The van der Waals surface area contributed by atoms with Gasteiger partial charge >= 0.3 is 0 Å². The number of carbonyl (C=O) groups excluding carboxylic acids is 2. The molecule has 2 amide bonds. The first-order valence-corrected chi connectivity index (χ1v) is 10.1. The molecule has 30 heavy (non-hydrogen) atoms. The van der Waals surface area contributed by atoms with E-state index in [1.165, 1.54) is 4.90 Å². The molecule has 2 aliphatic heterocycles. The normalized spacial score (nSPS) is 23.2. The number of para-hydroxylation sites is 2. The molecule has 0 saturated carbocycles. The Morgan fingerprint density at radius 2 is 1.37 bits per heavy atom. The number of nitrogens with zero attached hydrogens (tertiary/aromatic N) is 2. The van der Waals surface area contributed by atoms with E-state index in [1.54, 1.807) is 5.06 Å². The number of anilines is 2. The summed E-state index contributed by atoms with van der Waals surface area (Å²) in [6.07, 6.45) is -0.845. The van der Waals surface area contributed by atoms with Gasteiger partial charge in [-0.25, -0.2) is 9.96 Å². The van der Waals surface area contributed by atoms with Crippen molar-refractivity contribution in [1.82, 2.24) is 0 Å². The molecule has 150 valence electrons. The Hall–Kier alpha value is -3.44. The second kappa shape index (κ2) is 7.11. The third-order valence-corrected chi connectivity index (χ3v) is 5.99. The topological polar surface area (TPSA) is 49.9 Å². The van der Waals surface area contributed by atoms with Gasteiger partial charge in [-0.1, -0.05) is 60.7 Å². The van der Waals surface area contributed by atoms with Crippen molar-refractivity contribution in [2.45, 2.75) is 26.0 Å². The van der Waals surface area contributed by atoms with Crippen LogP contribution >= 0.6 is 0 Å². The molecule has 5 rings (SSSR count). The number of imide groups is 1. The number of aryl methyl sites for hydroxylation is 2. The van der Waals surface area contributed by atoms with E-state index < -0.39 is 12.0 Å². The van der Waals surface area contributed by atoms with Crippen LogP contribution in [0.25, 0.3) is 0 Å². The van der Waals surface area contributed by atoms with Gasteiger partial charge in [0.25, 0.3) is 5.91 Å². The highest BCUT2D eigenvalue weighted by atomic mass is 16.7. The molecular formula is C25H22N2O3. The number of hydroxylamine groups is 1. The van der Waals surface area contributed by atoms with Gasteiger partial charge < -0.3 is 0 Å². The lowest BCUT2D eigenvalue weighted by Gasteiger charge is -2.29. The van der Waals surface area contributed by atoms with Gasteiger partial charge in [-0.3, -0.25) is 14.4 Å². The summed E-state index contributed by atoms with van der Waals surface area (Å²) in [5.74, 6) is -1.14. The molecule has 3 atom stereocenters. The fourth-order valence-electron chi connectivity index (χ4n) is 4.50. The minimum Gasteiger partial charge on any atom is -0.273 e. The van der Waals surface area contributed by atoms with E-state index in [0.717, 1.165) is 22.4 Å². The Bertz CT molecular complexity index is 1130. The first-order valence-electron chi connectivity index (χ1n) is 10.1. The van der Waals surface area contributed by atoms with Crippen LogP contribution in [0, 0.1) is 19.8 Å². The fourth-order valence-corrected chi connectivity index (χ4v) is 4.50. The Labute approximate surface area is 175 Å². The molecule has 2 fully saturated rings. The second-order valence-corrected chi connectivity index (χ2v) is 7.81. The Balaban J connectivity index is 1.62. The van der Waals surface area contributed by atoms with Crippen LogP contribution in [0.3, 0.4) is 0 Å². The van der Waals surface area contributed by atoms with Gasteiger partial charge in [-0.15, -0.1) is 0 Å². The highest BCUT2D eigenvalue weighted by Gasteiger charge is 2.60. The van der Waals surface area contributed by atoms with Crippen molar-refractivity contribution < 1.29 is 14.4 Å². The van der Waals surface area contributed by atoms with Crippen LogP contribution in [0.15, 0.2) is 78.9 Å². The summed E-state index contributed by atoms with van der Waals surface area (Å²) in [6.45, 7) is 3.92. The Morgan fingerprint density at radius 3 is 2.07 bits per heavy atom. The van der Waals surface area contributed by atoms with Crippen molar-refractivity contribution in [2.75, 3.05) is 9.96 Å². The van der Waals surface area contributed by atoms with Gasteiger partial charge in [-0.05, 0) is 48.7 Å². The van der Waals surface area contributed by atoms with Gasteiger partial charge in [0, 0.05) is 0 Å². The summed E-state index contributed by atoms with van der Waals surface area (Å²) >= 11 is 0. The van der Waals surface area contributed by atoms with E-state index in [-0.39, 0.29) is 17.9 Å². The smallest absolute Gasteiger partial charge is 0.266 e. The van der Waals surface area contributed by atoms with E-state index in [9.17, 15) is 9.59 Å². The first-order chi connectivity index (χ1) is 14.6. The second-order valence-electron chi connectivity index (χ2n) is 7.81. The lowest BCUT2D eigenvalue weighted by atomic mass is 9.88. The fraction of sp³-hybridized carbons (Fsp3) is 0.200. The van der Waals surface area contributed by atoms with E-state index in [0.29, 0.717) is 5.69 Å². The quantitative estimate of drug-likeness (QED) is 0.616. The standard InChI is InChI=1S/C25H22N2O3/c1-16-10-6-8-14-19(16)22-21-23(30-27(22)18-12-4-3-5-13-18)25(29)26(24(21)28)20-15-9-7-11-17(20)2/h3-15,21-23H,1-2H3/t21-,22+,23+/m0/s1. The minimum absolute atomic E-state index is 0.217. The molecule has 5 heteroatoms. The van der Waals surface area contributed by atoms with Crippen LogP contribution in [0.2, 0.25) is 0 Å². The number of carbonyl (C=O) groups is 2. The monoisotopic (exact) mass is 398 g/mol. The van der Waals surface area contributed by atoms with Gasteiger partial charge in [0.15, 0.2) is 6.10 Å². The van der Waals surface area contributed by atoms with Crippen molar-refractivity contribution in [3.63, 3.8) is 0 Å². The van der Waals surface area contributed by atoms with Gasteiger partial charge in [0.2, 0.25) is 5.91 Å². The molecular weight excluding hydrogens is 376 g/mol. The van der Waals surface area contributed by atoms with Crippen molar-refractivity contribution in [1.29, 1.82) is 0 Å². The molecule has 0 radical (unpaired) electrons. The minimum atomic E-state index is -0.845. The molecule has 2 saturated heterocycles. The summed E-state index contributed by atoms with van der Waals surface area (Å²) < 4.78 is 0. The summed E-state index contributed by atoms with van der Waals surface area (Å²) in [5.41, 5.74) is 4.37. The van der Waals surface area contributed by atoms with Crippen molar-refractivity contribution >= 4 is 23.2 Å². The average molecular weight is 398 g/mol. The third-order valence-electron chi connectivity index (χ3n) is 5.99. The molecule has 0 N–H and O–H groups in total. The van der Waals surface area contributed by atoms with Crippen LogP contribution in [0.1, 0.15) is 22.7 Å². The zero-order valence-corrected chi connectivity index (χ0v) is 16.9. The summed E-state index contributed by atoms with van der Waals surface area (Å²) in [6, 6.07) is 24.7. The Morgan fingerprint density at radius 1 is 0.733 bits per heavy atom. The van der Waals surface area contributed by atoms with Gasteiger partial charge in [0.1, 0.15) is 5.92 Å². The Kier molecular flexibility index (Phi) is 4.40. The van der Waals surface area contributed by atoms with Crippen LogP contribution in [0.4, 0.5) is 11.4 Å². The number of hydrogen-bond acceptors (Lipinski definition) is 4. The molecule has 2 aliphatic rings. The zero-order valence-electron chi connectivity index (χ0n) is 16.9. The van der Waals surface area contributed by atoms with E-state index in [2.05, 4.69) is 0 Å². The maximum absolute atomic E-state index is 13.6. The number of amides is 2. The number of fused-ring (bicyclic) bond motifs is 1. The lowest BCUT2D eigenvalue weighted by molar-refractivity contribution is -0.126. The van der Waals surface area contributed by atoms with Crippen LogP contribution < -0.4 is 9.96 Å². The molecule has 0 spiro atoms. The van der Waals surface area contributed by atoms with E-state index >= 15 is 0 Å². The van der Waals surface area contributed by atoms with Crippen molar-refractivity contribution in [3.05, 3.63) is 95.6 Å². The molecule has 5 nitrogen and oxygen atoms in total. The molecule has 0 aromatic heterocycles. The van der Waals surface area contributed by atoms with Crippen molar-refractivity contribution in [3.8, 4) is 0 Å². The highest BCUT2D eigenvalue weighted by Crippen LogP contribution is 2.48. The number of benzene rings is 3. The summed E-state index contributed by atoms with van der Waals surface area (Å²) in [4.78, 5) is 34.5. The van der Waals surface area contributed by atoms with Crippen molar-refractivity contribution in [2.24, 2.45) is 5.92 Å². The maximum Gasteiger partial charge on any atom is 0.266 e. The molecule has 2 heterocycles. The number of rotatable bonds is 3. The molecule has 0 bridgehead atoms. The number of hydrogen-bond donors (Lipinski definition) is 0. The van der Waals surface area contributed by atoms with E-state index in [4.69, 9.17) is 4.84 Å². The third kappa shape index (κ3) is 2.74. The maximum atomic E-state index is 13.6. The molecule has 0 aliphatic carbocycles. The predicted octanol–water partition coefficient (Wildman–Crippen LogP) is 4.35. The summed E-state index contributed by atoms with van der Waals surface area (Å²) in [5, 5.41) is 1.74. The molecule has 0 unspecified atom stereocenters. The molecule has 3 aromatic carbocycles. The first kappa shape index (κ1) is 18.6. The highest BCUT2D eigenvalue weighted by molar-refractivity contribution is 6.24.